The summed E-state index contributed by atoms with van der Waals surface area (Å²) in [7, 11) is 2.97. The summed E-state index contributed by atoms with van der Waals surface area (Å²) in [5.74, 6) is 0.861. The second-order valence-electron chi connectivity index (χ2n) is 6.03. The number of hydrogen-bond acceptors (Lipinski definition) is 5. The fourth-order valence-corrected chi connectivity index (χ4v) is 2.96. The third-order valence-corrected chi connectivity index (χ3v) is 4.34. The van der Waals surface area contributed by atoms with E-state index in [1.807, 2.05) is 6.08 Å². The van der Waals surface area contributed by atoms with E-state index in [4.69, 9.17) is 9.47 Å². The van der Waals surface area contributed by atoms with E-state index in [2.05, 4.69) is 0 Å². The molecule has 3 rings (SSSR count). The van der Waals surface area contributed by atoms with Crippen LogP contribution in [0.4, 0.5) is 0 Å². The quantitative estimate of drug-likeness (QED) is 0.815. The number of aromatic hydroxyl groups is 2. The van der Waals surface area contributed by atoms with Gasteiger partial charge in [0.25, 0.3) is 0 Å². The number of carbonyl (C=O) groups is 1. The van der Waals surface area contributed by atoms with E-state index in [1.165, 1.54) is 14.2 Å². The lowest BCUT2D eigenvalue weighted by molar-refractivity contribution is -0.111. The maximum absolute atomic E-state index is 12.6. The van der Waals surface area contributed by atoms with Gasteiger partial charge in [-0.05, 0) is 60.4 Å². The first-order valence-corrected chi connectivity index (χ1v) is 8.21. The van der Waals surface area contributed by atoms with Crippen LogP contribution in [0.2, 0.25) is 0 Å². The lowest BCUT2D eigenvalue weighted by Crippen LogP contribution is -1.96. The van der Waals surface area contributed by atoms with E-state index in [0.29, 0.717) is 35.5 Å². The first-order chi connectivity index (χ1) is 12.5. The van der Waals surface area contributed by atoms with Crippen LogP contribution in [0.1, 0.15) is 24.0 Å². The number of phenols is 2. The molecule has 1 aliphatic rings. The van der Waals surface area contributed by atoms with Gasteiger partial charge in [0.15, 0.2) is 28.8 Å². The van der Waals surface area contributed by atoms with Crippen LogP contribution in [0.3, 0.4) is 0 Å². The number of benzene rings is 2. The van der Waals surface area contributed by atoms with E-state index >= 15 is 0 Å². The molecule has 0 bridgehead atoms. The predicted molar refractivity (Wildman–Crippen MR) is 99.5 cm³/mol. The summed E-state index contributed by atoms with van der Waals surface area (Å²) in [6.07, 6.45) is 4.90. The van der Waals surface area contributed by atoms with E-state index in [1.54, 1.807) is 42.5 Å². The summed E-state index contributed by atoms with van der Waals surface area (Å²) < 4.78 is 10.1. The highest BCUT2D eigenvalue weighted by molar-refractivity contribution is 6.15. The van der Waals surface area contributed by atoms with Crippen LogP contribution in [0.25, 0.3) is 12.2 Å². The minimum absolute atomic E-state index is 0.00708. The largest absolute Gasteiger partial charge is 0.504 e. The number of ketones is 1. The van der Waals surface area contributed by atoms with Gasteiger partial charge in [0.1, 0.15) is 0 Å². The zero-order valence-electron chi connectivity index (χ0n) is 14.7. The highest BCUT2D eigenvalue weighted by Gasteiger charge is 2.23. The summed E-state index contributed by atoms with van der Waals surface area (Å²) >= 11 is 0. The predicted octanol–water partition coefficient (Wildman–Crippen LogP) is 3.94. The van der Waals surface area contributed by atoms with Crippen LogP contribution in [-0.4, -0.2) is 30.2 Å². The van der Waals surface area contributed by atoms with Gasteiger partial charge >= 0.3 is 0 Å². The van der Waals surface area contributed by atoms with Gasteiger partial charge in [0.2, 0.25) is 0 Å². The van der Waals surface area contributed by atoms with Crippen molar-refractivity contribution in [2.75, 3.05) is 14.2 Å². The molecule has 5 heteroatoms. The first-order valence-electron chi connectivity index (χ1n) is 8.21. The van der Waals surface area contributed by atoms with Crippen molar-refractivity contribution < 1.29 is 24.5 Å². The van der Waals surface area contributed by atoms with Crippen molar-refractivity contribution >= 4 is 17.9 Å². The molecule has 0 amide bonds. The van der Waals surface area contributed by atoms with Crippen molar-refractivity contribution in [2.24, 2.45) is 0 Å². The summed E-state index contributed by atoms with van der Waals surface area (Å²) in [6, 6.07) is 10.0. The van der Waals surface area contributed by atoms with Gasteiger partial charge < -0.3 is 19.7 Å². The zero-order valence-corrected chi connectivity index (χ0v) is 14.7. The summed E-state index contributed by atoms with van der Waals surface area (Å²) in [4.78, 5) is 12.6. The Morgan fingerprint density at radius 3 is 1.96 bits per heavy atom. The van der Waals surface area contributed by atoms with Crippen molar-refractivity contribution in [3.8, 4) is 23.0 Å². The Morgan fingerprint density at radius 1 is 0.808 bits per heavy atom. The zero-order chi connectivity index (χ0) is 18.7. The Morgan fingerprint density at radius 2 is 1.38 bits per heavy atom. The third kappa shape index (κ3) is 3.57. The second-order valence-corrected chi connectivity index (χ2v) is 6.03. The molecule has 1 saturated carbocycles. The first kappa shape index (κ1) is 17.6. The molecular weight excluding hydrogens is 332 g/mol. The molecule has 0 aromatic heterocycles. The minimum Gasteiger partial charge on any atom is -0.504 e. The van der Waals surface area contributed by atoms with E-state index in [0.717, 1.165) is 11.1 Å². The lowest BCUT2D eigenvalue weighted by Gasteiger charge is -2.05. The van der Waals surface area contributed by atoms with Crippen molar-refractivity contribution in [3.05, 3.63) is 58.7 Å². The number of methoxy groups -OCH3 is 2. The maximum Gasteiger partial charge on any atom is 0.185 e. The van der Waals surface area contributed by atoms with E-state index in [-0.39, 0.29) is 17.3 Å². The van der Waals surface area contributed by atoms with Gasteiger partial charge in [-0.1, -0.05) is 12.1 Å². The molecular formula is C21H20O5. The molecule has 26 heavy (non-hydrogen) atoms. The number of rotatable bonds is 4. The maximum atomic E-state index is 12.6. The Hall–Kier alpha value is -3.21. The Labute approximate surface area is 151 Å². The highest BCUT2D eigenvalue weighted by Crippen LogP contribution is 2.33. The van der Waals surface area contributed by atoms with E-state index < -0.39 is 0 Å². The van der Waals surface area contributed by atoms with Crippen LogP contribution >= 0.6 is 0 Å². The molecule has 0 unspecified atom stereocenters. The van der Waals surface area contributed by atoms with Gasteiger partial charge in [0, 0.05) is 11.1 Å². The van der Waals surface area contributed by atoms with Crippen molar-refractivity contribution in [3.63, 3.8) is 0 Å². The number of Topliss-reactive ketones (excluding diaryl/α,β-unsaturated/α-hetero) is 1. The average molecular weight is 352 g/mol. The molecule has 134 valence electrons. The number of allylic oxidation sites excluding steroid dienone is 2. The van der Waals surface area contributed by atoms with Crippen molar-refractivity contribution in [2.45, 2.75) is 12.8 Å². The van der Waals surface area contributed by atoms with Crippen LogP contribution in [-0.2, 0) is 4.79 Å². The standard InChI is InChI=1S/C21H20O5/c1-25-19-8-4-13(11-18(19)23)9-15-5-6-16(21(15)24)10-14-3-7-17(22)20(12-14)26-2/h3-4,7-12,22-23H,5-6H2,1-2H3/b15-9+,16-10+. The van der Waals surface area contributed by atoms with Crippen molar-refractivity contribution in [1.29, 1.82) is 0 Å². The molecule has 2 aromatic rings. The molecule has 0 heterocycles. The Kier molecular flexibility index (Phi) is 4.98. The van der Waals surface area contributed by atoms with E-state index in [9.17, 15) is 15.0 Å². The topological polar surface area (TPSA) is 76.0 Å². The Bertz CT molecular complexity index is 909. The van der Waals surface area contributed by atoms with Crippen molar-refractivity contribution in [1.82, 2.24) is 0 Å². The highest BCUT2D eigenvalue weighted by atomic mass is 16.5. The third-order valence-electron chi connectivity index (χ3n) is 4.34. The molecule has 2 aromatic carbocycles. The lowest BCUT2D eigenvalue weighted by atomic mass is 10.1. The van der Waals surface area contributed by atoms with Gasteiger partial charge in [-0.25, -0.2) is 0 Å². The summed E-state index contributed by atoms with van der Waals surface area (Å²) in [6.45, 7) is 0. The number of hydrogen-bond donors (Lipinski definition) is 2. The monoisotopic (exact) mass is 352 g/mol. The molecule has 1 fully saturated rings. The van der Waals surface area contributed by atoms with Gasteiger partial charge in [-0.2, -0.15) is 0 Å². The van der Waals surface area contributed by atoms with Gasteiger partial charge in [-0.3, -0.25) is 4.79 Å². The molecule has 0 saturated heterocycles. The van der Waals surface area contributed by atoms with Gasteiger partial charge in [-0.15, -0.1) is 0 Å². The minimum atomic E-state index is -0.00708. The Balaban J connectivity index is 1.84. The normalized spacial score (nSPS) is 17.1. The summed E-state index contributed by atoms with van der Waals surface area (Å²) in [5.41, 5.74) is 2.96. The van der Waals surface area contributed by atoms with Crippen LogP contribution in [0.15, 0.2) is 47.5 Å². The smallest absolute Gasteiger partial charge is 0.185 e. The van der Waals surface area contributed by atoms with Gasteiger partial charge in [0.05, 0.1) is 14.2 Å². The number of phenolic OH excluding ortho intramolecular Hbond substituents is 2. The molecule has 0 spiro atoms. The summed E-state index contributed by atoms with van der Waals surface area (Å²) in [5, 5.41) is 19.5. The molecule has 0 aliphatic heterocycles. The molecule has 0 radical (unpaired) electrons. The number of ether oxygens (including phenoxy) is 2. The molecule has 2 N–H and O–H groups in total. The average Bonchev–Trinajstić information content (AvgIpc) is 2.97. The van der Waals surface area contributed by atoms with Crippen LogP contribution in [0, 0.1) is 0 Å². The molecule has 5 nitrogen and oxygen atoms in total. The van der Waals surface area contributed by atoms with Crippen LogP contribution < -0.4 is 9.47 Å². The SMILES string of the molecule is COc1ccc(/C=C2\CC/C(=C\c3ccc(O)c(OC)c3)C2=O)cc1O. The fraction of sp³-hybridized carbons (Fsp3) is 0.190. The fourth-order valence-electron chi connectivity index (χ4n) is 2.96. The molecule has 1 aliphatic carbocycles. The second kappa shape index (κ2) is 7.35. The van der Waals surface area contributed by atoms with Crippen LogP contribution in [0.5, 0.6) is 23.0 Å². The number of carbonyl (C=O) groups excluding carboxylic acids is 1. The molecule has 0 atom stereocenters.